The summed E-state index contributed by atoms with van der Waals surface area (Å²) in [4.78, 5) is 9.97. The topological polar surface area (TPSA) is 61.8 Å². The van der Waals surface area contributed by atoms with E-state index in [4.69, 9.17) is 19.0 Å². The molecule has 6 heteroatoms. The molecule has 2 spiro atoms. The molecule has 24 heavy (non-hydrogen) atoms. The largest absolute Gasteiger partial charge is 0.481 e. The number of ether oxygens (including phenoxy) is 3. The van der Waals surface area contributed by atoms with Crippen molar-refractivity contribution in [1.82, 2.24) is 10.5 Å². The minimum Gasteiger partial charge on any atom is -0.481 e. The third-order valence-electron chi connectivity index (χ3n) is 4.73. The number of hydrogen-bond acceptors (Lipinski definition) is 6. The van der Waals surface area contributed by atoms with Crippen LogP contribution in [-0.2, 0) is 14.3 Å². The Morgan fingerprint density at radius 3 is 2.58 bits per heavy atom. The number of pyridine rings is 1. The van der Waals surface area contributed by atoms with Crippen LogP contribution in [0.1, 0.15) is 31.2 Å². The van der Waals surface area contributed by atoms with E-state index in [-0.39, 0.29) is 11.4 Å². The first-order valence-electron chi connectivity index (χ1n) is 8.18. The maximum atomic E-state index is 5.83. The van der Waals surface area contributed by atoms with Gasteiger partial charge in [-0.25, -0.2) is 4.98 Å². The second kappa shape index (κ2) is 6.10. The predicted molar refractivity (Wildman–Crippen MR) is 85.8 cm³/mol. The summed E-state index contributed by atoms with van der Waals surface area (Å²) in [5.74, 6) is 6.37. The van der Waals surface area contributed by atoms with E-state index in [1.54, 1.807) is 19.4 Å². The number of rotatable bonds is 1. The van der Waals surface area contributed by atoms with Crippen LogP contribution in [0.2, 0.25) is 0 Å². The second-order valence-electron chi connectivity index (χ2n) is 6.27. The van der Waals surface area contributed by atoms with E-state index in [0.717, 1.165) is 36.9 Å². The van der Waals surface area contributed by atoms with Gasteiger partial charge in [-0.2, -0.15) is 0 Å². The van der Waals surface area contributed by atoms with Gasteiger partial charge in [0.15, 0.2) is 5.79 Å². The van der Waals surface area contributed by atoms with Crippen molar-refractivity contribution >= 4 is 0 Å². The highest BCUT2D eigenvalue weighted by atomic mass is 16.7. The molecule has 1 N–H and O–H groups in total. The van der Waals surface area contributed by atoms with Crippen molar-refractivity contribution in [2.75, 3.05) is 20.3 Å². The van der Waals surface area contributed by atoms with E-state index in [1.165, 1.54) is 0 Å². The standard InChI is InChI=1S/C18H20N2O4/c1-21-16-5-3-14(13-19-16)2-4-15-12-17(24-20-15)6-8-18(9-7-17)22-10-11-23-18/h3,5,12-13,20H,6-11H2,1H3. The summed E-state index contributed by atoms with van der Waals surface area (Å²) in [7, 11) is 1.59. The maximum Gasteiger partial charge on any atom is 0.212 e. The van der Waals surface area contributed by atoms with Crippen LogP contribution < -0.4 is 10.2 Å². The normalized spacial score (nSPS) is 23.5. The van der Waals surface area contributed by atoms with Gasteiger partial charge in [0, 0.05) is 30.7 Å². The molecule has 126 valence electrons. The Kier molecular flexibility index (Phi) is 3.93. The molecule has 0 unspecified atom stereocenters. The van der Waals surface area contributed by atoms with Crippen LogP contribution in [0.25, 0.3) is 0 Å². The van der Waals surface area contributed by atoms with Gasteiger partial charge in [0.1, 0.15) is 11.3 Å². The fourth-order valence-electron chi connectivity index (χ4n) is 3.34. The molecule has 1 aromatic rings. The van der Waals surface area contributed by atoms with Gasteiger partial charge in [0.2, 0.25) is 5.88 Å². The van der Waals surface area contributed by atoms with E-state index >= 15 is 0 Å². The molecule has 0 amide bonds. The molecule has 0 bridgehead atoms. The Labute approximate surface area is 141 Å². The maximum absolute atomic E-state index is 5.83. The minimum atomic E-state index is -0.383. The Bertz CT molecular complexity index is 686. The average Bonchev–Trinajstić information content (AvgIpc) is 3.25. The molecule has 1 aromatic heterocycles. The number of aromatic nitrogens is 1. The van der Waals surface area contributed by atoms with Crippen LogP contribution in [0, 0.1) is 11.8 Å². The average molecular weight is 328 g/mol. The van der Waals surface area contributed by atoms with Gasteiger partial charge in [0.05, 0.1) is 20.3 Å². The molecule has 1 aliphatic carbocycles. The molecule has 0 aromatic carbocycles. The van der Waals surface area contributed by atoms with Crippen molar-refractivity contribution in [3.05, 3.63) is 35.7 Å². The van der Waals surface area contributed by atoms with E-state index < -0.39 is 0 Å². The smallest absolute Gasteiger partial charge is 0.212 e. The van der Waals surface area contributed by atoms with Gasteiger partial charge in [-0.3, -0.25) is 10.3 Å². The Balaban J connectivity index is 1.43. The Morgan fingerprint density at radius 1 is 1.12 bits per heavy atom. The third-order valence-corrected chi connectivity index (χ3v) is 4.73. The summed E-state index contributed by atoms with van der Waals surface area (Å²) in [6.07, 6.45) is 7.17. The SMILES string of the molecule is COc1ccc(C#CC2=CC3(CCC4(CC3)OCCO4)ON2)cn1. The number of nitrogens with one attached hydrogen (secondary N) is 1. The number of allylic oxidation sites excluding steroid dienone is 1. The lowest BCUT2D eigenvalue weighted by atomic mass is 9.81. The summed E-state index contributed by atoms with van der Waals surface area (Å²) in [6, 6.07) is 3.67. The Hall–Kier alpha value is -2.07. The first-order valence-corrected chi connectivity index (χ1v) is 8.18. The Morgan fingerprint density at radius 2 is 1.92 bits per heavy atom. The van der Waals surface area contributed by atoms with Gasteiger partial charge in [-0.1, -0.05) is 5.92 Å². The number of hydroxylamine groups is 1. The second-order valence-corrected chi connectivity index (χ2v) is 6.27. The molecular formula is C18H20N2O4. The summed E-state index contributed by atoms with van der Waals surface area (Å²) in [5.41, 5.74) is 4.26. The van der Waals surface area contributed by atoms with Crippen LogP contribution in [-0.4, -0.2) is 36.7 Å². The van der Waals surface area contributed by atoms with Crippen molar-refractivity contribution in [2.24, 2.45) is 0 Å². The zero-order valence-electron chi connectivity index (χ0n) is 13.6. The zero-order chi connectivity index (χ0) is 16.5. The van der Waals surface area contributed by atoms with Gasteiger partial charge >= 0.3 is 0 Å². The van der Waals surface area contributed by atoms with Crippen LogP contribution in [0.3, 0.4) is 0 Å². The van der Waals surface area contributed by atoms with Gasteiger partial charge in [-0.15, -0.1) is 0 Å². The monoisotopic (exact) mass is 328 g/mol. The van der Waals surface area contributed by atoms with Crippen molar-refractivity contribution in [1.29, 1.82) is 0 Å². The zero-order valence-corrected chi connectivity index (χ0v) is 13.6. The lowest BCUT2D eigenvalue weighted by Gasteiger charge is -2.39. The predicted octanol–water partition coefficient (Wildman–Crippen LogP) is 1.92. The van der Waals surface area contributed by atoms with Gasteiger partial charge in [-0.05, 0) is 30.9 Å². The molecule has 6 nitrogen and oxygen atoms in total. The van der Waals surface area contributed by atoms with Crippen molar-refractivity contribution in [3.63, 3.8) is 0 Å². The van der Waals surface area contributed by atoms with Crippen molar-refractivity contribution in [2.45, 2.75) is 37.1 Å². The van der Waals surface area contributed by atoms with Gasteiger partial charge < -0.3 is 14.2 Å². The fourth-order valence-corrected chi connectivity index (χ4v) is 3.34. The number of methoxy groups -OCH3 is 1. The van der Waals surface area contributed by atoms with E-state index in [0.29, 0.717) is 19.1 Å². The molecule has 1 saturated heterocycles. The van der Waals surface area contributed by atoms with Gasteiger partial charge in [0.25, 0.3) is 0 Å². The molecule has 0 radical (unpaired) electrons. The lowest BCUT2D eigenvalue weighted by molar-refractivity contribution is -0.205. The lowest BCUT2D eigenvalue weighted by Crippen LogP contribution is -2.43. The molecule has 0 atom stereocenters. The number of hydrogen-bond donors (Lipinski definition) is 1. The summed E-state index contributed by atoms with van der Waals surface area (Å²) in [6.45, 7) is 1.38. The van der Waals surface area contributed by atoms with Crippen LogP contribution in [0.5, 0.6) is 5.88 Å². The van der Waals surface area contributed by atoms with Crippen molar-refractivity contribution < 1.29 is 19.0 Å². The van der Waals surface area contributed by atoms with Crippen LogP contribution in [0.4, 0.5) is 0 Å². The minimum absolute atomic E-state index is 0.303. The fraction of sp³-hybridized carbons (Fsp3) is 0.500. The van der Waals surface area contributed by atoms with Crippen molar-refractivity contribution in [3.8, 4) is 17.7 Å². The van der Waals surface area contributed by atoms with E-state index in [1.807, 2.05) is 6.07 Å². The van der Waals surface area contributed by atoms with Crippen LogP contribution in [0.15, 0.2) is 30.1 Å². The quantitative estimate of drug-likeness (QED) is 0.795. The molecule has 2 fully saturated rings. The third kappa shape index (κ3) is 2.98. The first-order chi connectivity index (χ1) is 11.7. The summed E-state index contributed by atoms with van der Waals surface area (Å²) in [5, 5.41) is 0. The summed E-state index contributed by atoms with van der Waals surface area (Å²) < 4.78 is 16.6. The molecule has 3 heterocycles. The highest BCUT2D eigenvalue weighted by Gasteiger charge is 2.48. The van der Waals surface area contributed by atoms with E-state index in [2.05, 4.69) is 28.4 Å². The van der Waals surface area contributed by atoms with Crippen LogP contribution >= 0.6 is 0 Å². The molecule has 4 rings (SSSR count). The molecule has 1 saturated carbocycles. The molecular weight excluding hydrogens is 308 g/mol. The van der Waals surface area contributed by atoms with E-state index in [9.17, 15) is 0 Å². The summed E-state index contributed by atoms with van der Waals surface area (Å²) >= 11 is 0. The first kappa shape index (κ1) is 15.5. The highest BCUT2D eigenvalue weighted by Crippen LogP contribution is 2.43. The highest BCUT2D eigenvalue weighted by molar-refractivity contribution is 5.41. The molecule has 3 aliphatic rings. The molecule has 2 aliphatic heterocycles. The number of nitrogens with zero attached hydrogens (tertiary/aromatic N) is 1.